The molecular formula is C15H26ClNO. The van der Waals surface area contributed by atoms with Crippen molar-refractivity contribution in [1.29, 1.82) is 0 Å². The minimum absolute atomic E-state index is 0.0941. The Morgan fingerprint density at radius 1 is 1.00 bits per heavy atom. The Bertz CT molecular complexity index is 266. The van der Waals surface area contributed by atoms with Gasteiger partial charge in [-0.3, -0.25) is 4.79 Å². The van der Waals surface area contributed by atoms with E-state index < -0.39 is 0 Å². The number of hydrogen-bond donors (Lipinski definition) is 1. The van der Waals surface area contributed by atoms with Crippen molar-refractivity contribution in [2.24, 2.45) is 5.92 Å². The topological polar surface area (TPSA) is 29.1 Å². The van der Waals surface area contributed by atoms with Crippen LogP contribution in [-0.4, -0.2) is 17.3 Å². The summed E-state index contributed by atoms with van der Waals surface area (Å²) < 4.78 is 0. The summed E-state index contributed by atoms with van der Waals surface area (Å²) in [5, 5.41) is 3.31. The quantitative estimate of drug-likeness (QED) is 0.610. The zero-order valence-corrected chi connectivity index (χ0v) is 12.1. The van der Waals surface area contributed by atoms with Crippen molar-refractivity contribution < 1.29 is 4.79 Å². The zero-order valence-electron chi connectivity index (χ0n) is 11.3. The van der Waals surface area contributed by atoms with E-state index in [0.29, 0.717) is 5.88 Å². The van der Waals surface area contributed by atoms with Gasteiger partial charge in [0.05, 0.1) is 5.54 Å². The minimum Gasteiger partial charge on any atom is -0.349 e. The molecule has 2 rings (SSSR count). The molecule has 0 bridgehead atoms. The van der Waals surface area contributed by atoms with Gasteiger partial charge in [0.1, 0.15) is 0 Å². The lowest BCUT2D eigenvalue weighted by molar-refractivity contribution is -0.127. The number of alkyl halides is 1. The van der Waals surface area contributed by atoms with Gasteiger partial charge in [0.2, 0.25) is 5.91 Å². The smallest absolute Gasteiger partial charge is 0.223 e. The van der Waals surface area contributed by atoms with Crippen molar-refractivity contribution in [2.45, 2.75) is 76.2 Å². The molecule has 2 saturated carbocycles. The minimum atomic E-state index is -0.0941. The summed E-state index contributed by atoms with van der Waals surface area (Å²) >= 11 is 6.14. The van der Waals surface area contributed by atoms with Crippen LogP contribution in [0, 0.1) is 5.92 Å². The van der Waals surface area contributed by atoms with Crippen LogP contribution in [0.25, 0.3) is 0 Å². The Labute approximate surface area is 116 Å². The fourth-order valence-electron chi connectivity index (χ4n) is 3.43. The number of halogens is 1. The lowest BCUT2D eigenvalue weighted by Gasteiger charge is -2.37. The fourth-order valence-corrected chi connectivity index (χ4v) is 3.76. The number of nitrogens with one attached hydrogen (secondary N) is 1. The lowest BCUT2D eigenvalue weighted by Crippen LogP contribution is -2.53. The first-order valence-corrected chi connectivity index (χ1v) is 8.17. The maximum absolute atomic E-state index is 12.4. The first-order valence-electron chi connectivity index (χ1n) is 7.64. The Balaban J connectivity index is 1.91. The molecule has 0 aromatic carbocycles. The average Bonchev–Trinajstić information content (AvgIpc) is 2.68. The number of hydrogen-bond acceptors (Lipinski definition) is 1. The van der Waals surface area contributed by atoms with Crippen molar-refractivity contribution >= 4 is 17.5 Å². The van der Waals surface area contributed by atoms with E-state index in [1.54, 1.807) is 0 Å². The predicted octanol–water partition coefficient (Wildman–Crippen LogP) is 4.01. The molecule has 3 heteroatoms. The van der Waals surface area contributed by atoms with E-state index in [1.807, 2.05) is 0 Å². The van der Waals surface area contributed by atoms with E-state index in [0.717, 1.165) is 25.7 Å². The van der Waals surface area contributed by atoms with E-state index in [1.165, 1.54) is 44.9 Å². The van der Waals surface area contributed by atoms with Crippen molar-refractivity contribution in [2.75, 3.05) is 5.88 Å². The summed E-state index contributed by atoms with van der Waals surface area (Å²) in [4.78, 5) is 12.4. The second kappa shape index (κ2) is 6.79. The number of carbonyl (C=O) groups excluding carboxylic acids is 1. The summed E-state index contributed by atoms with van der Waals surface area (Å²) in [7, 11) is 0. The normalized spacial score (nSPS) is 25.4. The molecule has 18 heavy (non-hydrogen) atoms. The van der Waals surface area contributed by atoms with Crippen LogP contribution < -0.4 is 5.32 Å². The molecule has 0 unspecified atom stereocenters. The molecule has 0 aliphatic heterocycles. The molecule has 0 spiro atoms. The predicted molar refractivity (Wildman–Crippen MR) is 75.9 cm³/mol. The van der Waals surface area contributed by atoms with Gasteiger partial charge in [-0.1, -0.05) is 44.9 Å². The highest BCUT2D eigenvalue weighted by molar-refractivity contribution is 6.18. The van der Waals surface area contributed by atoms with Crippen LogP contribution in [0.15, 0.2) is 0 Å². The summed E-state index contributed by atoms with van der Waals surface area (Å²) in [6.07, 6.45) is 13.0. The van der Waals surface area contributed by atoms with E-state index in [9.17, 15) is 4.79 Å². The largest absolute Gasteiger partial charge is 0.349 e. The van der Waals surface area contributed by atoms with Gasteiger partial charge < -0.3 is 5.32 Å². The Morgan fingerprint density at radius 2 is 1.56 bits per heavy atom. The number of rotatable bonds is 3. The Kier molecular flexibility index (Phi) is 5.35. The fraction of sp³-hybridized carbons (Fsp3) is 0.933. The van der Waals surface area contributed by atoms with Crippen LogP contribution in [0.3, 0.4) is 0 Å². The van der Waals surface area contributed by atoms with Gasteiger partial charge in [0, 0.05) is 11.8 Å². The van der Waals surface area contributed by atoms with Crippen molar-refractivity contribution in [3.8, 4) is 0 Å². The molecule has 2 fully saturated rings. The molecule has 0 radical (unpaired) electrons. The third-order valence-corrected chi connectivity index (χ3v) is 5.19. The van der Waals surface area contributed by atoms with Gasteiger partial charge >= 0.3 is 0 Å². The lowest BCUT2D eigenvalue weighted by atomic mass is 9.82. The second-order valence-corrected chi connectivity index (χ2v) is 6.42. The van der Waals surface area contributed by atoms with E-state index >= 15 is 0 Å². The summed E-state index contributed by atoms with van der Waals surface area (Å²) in [5.41, 5.74) is -0.0941. The van der Waals surface area contributed by atoms with Crippen LogP contribution in [-0.2, 0) is 4.79 Å². The maximum atomic E-state index is 12.4. The van der Waals surface area contributed by atoms with Crippen LogP contribution in [0.2, 0.25) is 0 Å². The molecule has 1 amide bonds. The van der Waals surface area contributed by atoms with Gasteiger partial charge in [-0.2, -0.15) is 0 Å². The van der Waals surface area contributed by atoms with Crippen LogP contribution in [0.4, 0.5) is 0 Å². The third kappa shape index (κ3) is 3.63. The zero-order chi connectivity index (χ0) is 12.8. The highest BCUT2D eigenvalue weighted by Crippen LogP contribution is 2.31. The molecule has 104 valence electrons. The molecule has 0 aromatic rings. The van der Waals surface area contributed by atoms with Crippen LogP contribution in [0.1, 0.15) is 70.6 Å². The van der Waals surface area contributed by atoms with E-state index in [-0.39, 0.29) is 17.4 Å². The standard InChI is InChI=1S/C15H26ClNO/c16-12-15(10-6-3-7-11-15)17-14(18)13-8-4-1-2-5-9-13/h13H,1-12H2,(H,17,18). The van der Waals surface area contributed by atoms with Crippen LogP contribution in [0.5, 0.6) is 0 Å². The SMILES string of the molecule is O=C(NC1(CCl)CCCCC1)C1CCCCCC1. The van der Waals surface area contributed by atoms with Crippen molar-refractivity contribution in [3.63, 3.8) is 0 Å². The highest BCUT2D eigenvalue weighted by atomic mass is 35.5. The molecule has 2 nitrogen and oxygen atoms in total. The van der Waals surface area contributed by atoms with Gasteiger partial charge in [0.15, 0.2) is 0 Å². The monoisotopic (exact) mass is 271 g/mol. The molecule has 0 saturated heterocycles. The number of amides is 1. The Hall–Kier alpha value is -0.240. The molecule has 0 heterocycles. The van der Waals surface area contributed by atoms with E-state index in [4.69, 9.17) is 11.6 Å². The summed E-state index contributed by atoms with van der Waals surface area (Å²) in [6, 6.07) is 0. The van der Waals surface area contributed by atoms with Gasteiger partial charge in [-0.15, -0.1) is 11.6 Å². The van der Waals surface area contributed by atoms with Crippen molar-refractivity contribution in [1.82, 2.24) is 5.32 Å². The van der Waals surface area contributed by atoms with Crippen molar-refractivity contribution in [3.05, 3.63) is 0 Å². The molecular weight excluding hydrogens is 246 g/mol. The molecule has 2 aliphatic rings. The van der Waals surface area contributed by atoms with Crippen LogP contribution >= 0.6 is 11.6 Å². The van der Waals surface area contributed by atoms with Gasteiger partial charge in [-0.25, -0.2) is 0 Å². The third-order valence-electron chi connectivity index (χ3n) is 4.68. The highest BCUT2D eigenvalue weighted by Gasteiger charge is 2.34. The maximum Gasteiger partial charge on any atom is 0.223 e. The summed E-state index contributed by atoms with van der Waals surface area (Å²) in [6.45, 7) is 0. The summed E-state index contributed by atoms with van der Waals surface area (Å²) in [5.74, 6) is 1.10. The molecule has 2 aliphatic carbocycles. The molecule has 0 atom stereocenters. The average molecular weight is 272 g/mol. The van der Waals surface area contributed by atoms with Gasteiger partial charge in [0.25, 0.3) is 0 Å². The first kappa shape index (κ1) is 14.2. The van der Waals surface area contributed by atoms with Gasteiger partial charge in [-0.05, 0) is 25.7 Å². The molecule has 0 aromatic heterocycles. The second-order valence-electron chi connectivity index (χ2n) is 6.15. The van der Waals surface area contributed by atoms with E-state index in [2.05, 4.69) is 5.32 Å². The number of carbonyl (C=O) groups is 1. The Morgan fingerprint density at radius 3 is 2.11 bits per heavy atom. The molecule has 1 N–H and O–H groups in total. The first-order chi connectivity index (χ1) is 8.76.